The Hall–Kier alpha value is -0.570. The minimum absolute atomic E-state index is 0.255. The van der Waals surface area contributed by atoms with Crippen LogP contribution in [0.15, 0.2) is 22.7 Å². The first-order chi connectivity index (χ1) is 6.24. The minimum atomic E-state index is -0.255. The number of hydrogen-bond donors (Lipinski definition) is 0. The Morgan fingerprint density at radius 2 is 2.23 bits per heavy atom. The summed E-state index contributed by atoms with van der Waals surface area (Å²) in [5, 5.41) is 0. The third kappa shape index (κ3) is 3.35. The highest BCUT2D eigenvalue weighted by Crippen LogP contribution is 2.25. The van der Waals surface area contributed by atoms with Crippen molar-refractivity contribution in [3.8, 4) is 5.75 Å². The van der Waals surface area contributed by atoms with Gasteiger partial charge in [-0.25, -0.2) is 4.39 Å². The van der Waals surface area contributed by atoms with Crippen LogP contribution >= 0.6 is 15.9 Å². The van der Waals surface area contributed by atoms with Gasteiger partial charge >= 0.3 is 0 Å². The highest BCUT2D eigenvalue weighted by atomic mass is 79.9. The monoisotopic (exact) mass is 246 g/mol. The summed E-state index contributed by atoms with van der Waals surface area (Å²) < 4.78 is 18.7. The summed E-state index contributed by atoms with van der Waals surface area (Å²) in [6, 6.07) is 4.43. The second kappa shape index (κ2) is 5.22. The van der Waals surface area contributed by atoms with Crippen molar-refractivity contribution in [3.63, 3.8) is 0 Å². The standard InChI is InChI=1S/C10H12BrFO/c1-2-3-6-13-10-5-4-8(12)7-9(10)11/h4-5,7H,2-3,6H2,1H3. The number of unbranched alkanes of at least 4 members (excludes halogenated alkanes) is 1. The highest BCUT2D eigenvalue weighted by Gasteiger charge is 2.01. The van der Waals surface area contributed by atoms with Gasteiger partial charge in [0, 0.05) is 0 Å². The molecule has 0 N–H and O–H groups in total. The number of halogens is 2. The number of benzene rings is 1. The van der Waals surface area contributed by atoms with E-state index in [1.165, 1.54) is 12.1 Å². The van der Waals surface area contributed by atoms with Crippen LogP contribution in [-0.4, -0.2) is 6.61 Å². The second-order valence-corrected chi connectivity index (χ2v) is 3.63. The van der Waals surface area contributed by atoms with E-state index in [0.29, 0.717) is 16.8 Å². The van der Waals surface area contributed by atoms with E-state index in [4.69, 9.17) is 4.74 Å². The van der Waals surface area contributed by atoms with Gasteiger partial charge < -0.3 is 4.74 Å². The number of ether oxygens (including phenoxy) is 1. The Morgan fingerprint density at radius 3 is 2.85 bits per heavy atom. The van der Waals surface area contributed by atoms with E-state index in [1.807, 2.05) is 0 Å². The van der Waals surface area contributed by atoms with Crippen molar-refractivity contribution < 1.29 is 9.13 Å². The first kappa shape index (κ1) is 10.5. The molecule has 0 aliphatic carbocycles. The summed E-state index contributed by atoms with van der Waals surface area (Å²) in [6.07, 6.45) is 2.11. The van der Waals surface area contributed by atoms with E-state index in [9.17, 15) is 4.39 Å². The summed E-state index contributed by atoms with van der Waals surface area (Å²) in [5.41, 5.74) is 0. The molecule has 0 amide bonds. The molecule has 0 saturated heterocycles. The molecule has 72 valence electrons. The molecule has 0 aliphatic rings. The zero-order valence-electron chi connectivity index (χ0n) is 7.52. The number of rotatable bonds is 4. The molecule has 0 heterocycles. The van der Waals surface area contributed by atoms with Crippen LogP contribution in [-0.2, 0) is 0 Å². The fraction of sp³-hybridized carbons (Fsp3) is 0.400. The van der Waals surface area contributed by atoms with Crippen LogP contribution in [0.3, 0.4) is 0 Å². The van der Waals surface area contributed by atoms with Gasteiger partial charge in [-0.15, -0.1) is 0 Å². The summed E-state index contributed by atoms with van der Waals surface area (Å²) in [6.45, 7) is 2.78. The zero-order valence-corrected chi connectivity index (χ0v) is 9.10. The average molecular weight is 247 g/mol. The molecule has 0 bridgehead atoms. The van der Waals surface area contributed by atoms with E-state index in [2.05, 4.69) is 22.9 Å². The summed E-state index contributed by atoms with van der Waals surface area (Å²) in [7, 11) is 0. The zero-order chi connectivity index (χ0) is 9.68. The molecule has 0 radical (unpaired) electrons. The Balaban J connectivity index is 2.56. The van der Waals surface area contributed by atoms with Crippen molar-refractivity contribution in [1.82, 2.24) is 0 Å². The SMILES string of the molecule is CCCCOc1ccc(F)cc1Br. The molecular weight excluding hydrogens is 235 g/mol. The minimum Gasteiger partial charge on any atom is -0.492 e. The molecule has 1 aromatic rings. The van der Waals surface area contributed by atoms with Crippen molar-refractivity contribution in [2.75, 3.05) is 6.61 Å². The van der Waals surface area contributed by atoms with Gasteiger partial charge in [0.2, 0.25) is 0 Å². The van der Waals surface area contributed by atoms with Crippen LogP contribution < -0.4 is 4.74 Å². The van der Waals surface area contributed by atoms with E-state index in [0.717, 1.165) is 12.8 Å². The normalized spacial score (nSPS) is 10.1. The van der Waals surface area contributed by atoms with Gasteiger partial charge in [0.15, 0.2) is 0 Å². The molecule has 0 aliphatic heterocycles. The van der Waals surface area contributed by atoms with Crippen molar-refractivity contribution in [1.29, 1.82) is 0 Å². The summed E-state index contributed by atoms with van der Waals surface area (Å²) in [5.74, 6) is 0.449. The summed E-state index contributed by atoms with van der Waals surface area (Å²) >= 11 is 3.23. The third-order valence-electron chi connectivity index (χ3n) is 1.65. The van der Waals surface area contributed by atoms with Gasteiger partial charge in [0.1, 0.15) is 11.6 Å². The van der Waals surface area contributed by atoms with Gasteiger partial charge in [-0.05, 0) is 40.5 Å². The molecule has 3 heteroatoms. The van der Waals surface area contributed by atoms with Gasteiger partial charge in [-0.1, -0.05) is 13.3 Å². The lowest BCUT2D eigenvalue weighted by Crippen LogP contribution is -1.97. The van der Waals surface area contributed by atoms with Crippen LogP contribution in [0.25, 0.3) is 0 Å². The number of hydrogen-bond acceptors (Lipinski definition) is 1. The van der Waals surface area contributed by atoms with Crippen LogP contribution in [0.4, 0.5) is 4.39 Å². The van der Waals surface area contributed by atoms with Crippen molar-refractivity contribution in [2.45, 2.75) is 19.8 Å². The van der Waals surface area contributed by atoms with Crippen molar-refractivity contribution in [3.05, 3.63) is 28.5 Å². The Bertz CT molecular complexity index is 276. The second-order valence-electron chi connectivity index (χ2n) is 2.78. The third-order valence-corrected chi connectivity index (χ3v) is 2.27. The molecule has 0 atom stereocenters. The van der Waals surface area contributed by atoms with Crippen LogP contribution in [0, 0.1) is 5.82 Å². The fourth-order valence-corrected chi connectivity index (χ4v) is 1.38. The Labute approximate surface area is 86.0 Å². The van der Waals surface area contributed by atoms with Crippen molar-refractivity contribution >= 4 is 15.9 Å². The average Bonchev–Trinajstić information content (AvgIpc) is 2.09. The molecular formula is C10H12BrFO. The molecule has 0 spiro atoms. The topological polar surface area (TPSA) is 9.23 Å². The Kier molecular flexibility index (Phi) is 4.22. The predicted octanol–water partition coefficient (Wildman–Crippen LogP) is 3.77. The van der Waals surface area contributed by atoms with E-state index < -0.39 is 0 Å². The molecule has 13 heavy (non-hydrogen) atoms. The lowest BCUT2D eigenvalue weighted by Gasteiger charge is -2.06. The summed E-state index contributed by atoms with van der Waals surface area (Å²) in [4.78, 5) is 0. The van der Waals surface area contributed by atoms with Gasteiger partial charge in [0.25, 0.3) is 0 Å². The van der Waals surface area contributed by atoms with Crippen molar-refractivity contribution in [2.24, 2.45) is 0 Å². The fourth-order valence-electron chi connectivity index (χ4n) is 0.919. The molecule has 0 unspecified atom stereocenters. The van der Waals surface area contributed by atoms with E-state index in [-0.39, 0.29) is 5.82 Å². The molecule has 0 aromatic heterocycles. The molecule has 1 nitrogen and oxygen atoms in total. The predicted molar refractivity (Wildman–Crippen MR) is 54.5 cm³/mol. The van der Waals surface area contributed by atoms with Gasteiger partial charge in [-0.2, -0.15) is 0 Å². The quantitative estimate of drug-likeness (QED) is 0.736. The van der Waals surface area contributed by atoms with E-state index in [1.54, 1.807) is 6.07 Å². The molecule has 1 rings (SSSR count). The first-order valence-electron chi connectivity index (χ1n) is 4.32. The lowest BCUT2D eigenvalue weighted by atomic mass is 10.3. The van der Waals surface area contributed by atoms with Crippen LogP contribution in [0.1, 0.15) is 19.8 Å². The molecule has 1 aromatic carbocycles. The molecule has 0 fully saturated rings. The van der Waals surface area contributed by atoms with Gasteiger partial charge in [0.05, 0.1) is 11.1 Å². The lowest BCUT2D eigenvalue weighted by molar-refractivity contribution is 0.307. The maximum absolute atomic E-state index is 12.7. The first-order valence-corrected chi connectivity index (χ1v) is 5.11. The Morgan fingerprint density at radius 1 is 1.46 bits per heavy atom. The van der Waals surface area contributed by atoms with Gasteiger partial charge in [-0.3, -0.25) is 0 Å². The van der Waals surface area contributed by atoms with Crippen LogP contribution in [0.2, 0.25) is 0 Å². The van der Waals surface area contributed by atoms with E-state index >= 15 is 0 Å². The van der Waals surface area contributed by atoms with Crippen LogP contribution in [0.5, 0.6) is 5.75 Å². The maximum atomic E-state index is 12.7. The smallest absolute Gasteiger partial charge is 0.133 e. The molecule has 0 saturated carbocycles. The highest BCUT2D eigenvalue weighted by molar-refractivity contribution is 9.10. The maximum Gasteiger partial charge on any atom is 0.133 e. The largest absolute Gasteiger partial charge is 0.492 e.